The fourth-order valence-corrected chi connectivity index (χ4v) is 6.56. The lowest BCUT2D eigenvalue weighted by molar-refractivity contribution is -0.790. The van der Waals surface area contributed by atoms with E-state index in [2.05, 4.69) is 84.1 Å². The second-order valence-electron chi connectivity index (χ2n) is 10.7. The summed E-state index contributed by atoms with van der Waals surface area (Å²) in [6.07, 6.45) is 2.09. The Kier molecular flexibility index (Phi) is 3.23. The molecule has 2 aliphatic heterocycles. The number of imidazole rings is 1. The van der Waals surface area contributed by atoms with Crippen molar-refractivity contribution in [2.45, 2.75) is 97.2 Å². The number of nitrogens with zero attached hydrogens (tertiary/aromatic N) is 3. The van der Waals surface area contributed by atoms with E-state index in [0.717, 1.165) is 24.4 Å². The molecule has 2 aromatic rings. The molecule has 4 heterocycles. The van der Waals surface area contributed by atoms with E-state index in [9.17, 15) is 0 Å². The fraction of sp³-hybridized carbons (Fsp3) is 0.600. The third kappa shape index (κ3) is 1.75. The monoisotopic (exact) mass is 392 g/mol. The van der Waals surface area contributed by atoms with Crippen LogP contribution in [0, 0.1) is 13.8 Å². The van der Waals surface area contributed by atoms with Gasteiger partial charge in [-0.05, 0) is 30.0 Å². The largest absolute Gasteiger partial charge is 0.432 e. The van der Waals surface area contributed by atoms with Crippen LogP contribution in [-0.4, -0.2) is 9.55 Å². The molecule has 2 unspecified atom stereocenters. The standard InChI is InChI=1S/C25H34N3O/c1-11-24-16(5)25(24,12-2)28-15(4)14(3)27-21(28)19-17(24)13-18(22(6,7)8)26-20(19)29-23(27,9)10/h13H,5,11-12H2,1-4,6-10H3/q+1. The van der Waals surface area contributed by atoms with Crippen LogP contribution in [0.2, 0.25) is 0 Å². The Bertz CT molecular complexity index is 1110. The summed E-state index contributed by atoms with van der Waals surface area (Å²) in [6, 6.07) is 2.36. The molecule has 1 saturated carbocycles. The highest BCUT2D eigenvalue weighted by molar-refractivity contribution is 5.80. The lowest BCUT2D eigenvalue weighted by atomic mass is 9.78. The van der Waals surface area contributed by atoms with Gasteiger partial charge in [-0.25, -0.2) is 9.55 Å². The predicted molar refractivity (Wildman–Crippen MR) is 115 cm³/mol. The minimum atomic E-state index is -0.486. The van der Waals surface area contributed by atoms with Crippen molar-refractivity contribution in [3.63, 3.8) is 0 Å². The Hall–Kier alpha value is -2.10. The van der Waals surface area contributed by atoms with Gasteiger partial charge in [0.1, 0.15) is 22.5 Å². The van der Waals surface area contributed by atoms with Gasteiger partial charge in [0.25, 0.3) is 5.82 Å². The normalized spacial score (nSPS) is 28.0. The van der Waals surface area contributed by atoms with E-state index in [4.69, 9.17) is 9.72 Å². The maximum absolute atomic E-state index is 6.61. The van der Waals surface area contributed by atoms with Crippen molar-refractivity contribution in [3.05, 3.63) is 40.9 Å². The van der Waals surface area contributed by atoms with Crippen LogP contribution in [0.3, 0.4) is 0 Å². The van der Waals surface area contributed by atoms with Crippen molar-refractivity contribution >= 4 is 0 Å². The van der Waals surface area contributed by atoms with Gasteiger partial charge in [0, 0.05) is 33.1 Å². The Morgan fingerprint density at radius 2 is 1.83 bits per heavy atom. The molecule has 29 heavy (non-hydrogen) atoms. The number of hydrogen-bond acceptors (Lipinski definition) is 2. The fourth-order valence-electron chi connectivity index (χ4n) is 6.56. The first-order valence-corrected chi connectivity index (χ1v) is 11.0. The van der Waals surface area contributed by atoms with Crippen LogP contribution in [0.1, 0.15) is 84.0 Å². The first kappa shape index (κ1) is 18.9. The van der Waals surface area contributed by atoms with E-state index >= 15 is 0 Å². The van der Waals surface area contributed by atoms with Crippen LogP contribution < -0.4 is 9.30 Å². The third-order valence-electron chi connectivity index (χ3n) is 8.02. The molecule has 0 saturated heterocycles. The lowest BCUT2D eigenvalue weighted by Gasteiger charge is -2.37. The van der Waals surface area contributed by atoms with E-state index in [1.54, 1.807) is 0 Å². The second kappa shape index (κ2) is 4.96. The van der Waals surface area contributed by atoms with Crippen LogP contribution in [0.25, 0.3) is 11.4 Å². The van der Waals surface area contributed by atoms with E-state index in [0.29, 0.717) is 0 Å². The number of fused-ring (bicyclic) bond motifs is 3. The Morgan fingerprint density at radius 3 is 2.38 bits per heavy atom. The molecule has 0 bridgehead atoms. The molecule has 0 aromatic carbocycles. The minimum absolute atomic E-state index is 0.0410. The van der Waals surface area contributed by atoms with Crippen molar-refractivity contribution in [2.75, 3.05) is 0 Å². The van der Waals surface area contributed by atoms with Gasteiger partial charge in [0.15, 0.2) is 0 Å². The zero-order valence-corrected chi connectivity index (χ0v) is 19.4. The number of allylic oxidation sites excluding steroid dienone is 1. The number of pyridine rings is 1. The predicted octanol–water partition coefficient (Wildman–Crippen LogP) is 5.17. The summed E-state index contributed by atoms with van der Waals surface area (Å²) in [4.78, 5) is 5.07. The Morgan fingerprint density at radius 1 is 1.17 bits per heavy atom. The molecule has 1 aliphatic carbocycles. The lowest BCUT2D eigenvalue weighted by Crippen LogP contribution is -2.61. The van der Waals surface area contributed by atoms with Gasteiger partial charge in [0.05, 0.1) is 11.1 Å². The SMILES string of the molecule is C=C1C2(CC)c3cc(C(C)(C)C)nc4c3-c3n(c(C)c(C)[n+]3C(C)(C)O4)C12CC. The molecule has 0 spiro atoms. The van der Waals surface area contributed by atoms with Crippen molar-refractivity contribution in [1.29, 1.82) is 0 Å². The first-order chi connectivity index (χ1) is 13.4. The summed E-state index contributed by atoms with van der Waals surface area (Å²) < 4.78 is 11.6. The average Bonchev–Trinajstić information content (AvgIpc) is 3.06. The third-order valence-corrected chi connectivity index (χ3v) is 8.02. The summed E-state index contributed by atoms with van der Waals surface area (Å²) in [5, 5.41) is 0. The molecule has 1 fully saturated rings. The van der Waals surface area contributed by atoms with Crippen LogP contribution in [-0.2, 0) is 22.1 Å². The van der Waals surface area contributed by atoms with Gasteiger partial charge in [-0.2, -0.15) is 4.57 Å². The minimum Gasteiger partial charge on any atom is -0.432 e. The topological polar surface area (TPSA) is 30.9 Å². The van der Waals surface area contributed by atoms with Crippen LogP contribution in [0.15, 0.2) is 18.2 Å². The maximum Gasteiger partial charge on any atom is 0.299 e. The quantitative estimate of drug-likeness (QED) is 0.521. The number of rotatable bonds is 2. The summed E-state index contributed by atoms with van der Waals surface area (Å²) in [5.74, 6) is 2.03. The zero-order chi connectivity index (χ0) is 21.3. The molecular weight excluding hydrogens is 358 g/mol. The van der Waals surface area contributed by atoms with E-state index in [1.807, 2.05) is 0 Å². The molecule has 154 valence electrons. The molecule has 4 heteroatoms. The average molecular weight is 393 g/mol. The van der Waals surface area contributed by atoms with Crippen LogP contribution in [0.4, 0.5) is 0 Å². The second-order valence-corrected chi connectivity index (χ2v) is 10.7. The number of ether oxygens (including phenoxy) is 1. The molecular formula is C25H34N3O+. The molecule has 4 nitrogen and oxygen atoms in total. The molecule has 0 radical (unpaired) electrons. The number of hydrogen-bond donors (Lipinski definition) is 0. The van der Waals surface area contributed by atoms with E-state index in [1.165, 1.54) is 33.9 Å². The van der Waals surface area contributed by atoms with Crippen molar-refractivity contribution < 1.29 is 9.30 Å². The van der Waals surface area contributed by atoms with Gasteiger partial charge in [-0.15, -0.1) is 0 Å². The molecule has 2 atom stereocenters. The van der Waals surface area contributed by atoms with Gasteiger partial charge >= 0.3 is 0 Å². The zero-order valence-electron chi connectivity index (χ0n) is 19.4. The molecule has 5 rings (SSSR count). The molecule has 3 aliphatic rings. The van der Waals surface area contributed by atoms with E-state index < -0.39 is 5.72 Å². The van der Waals surface area contributed by atoms with Gasteiger partial charge in [-0.1, -0.05) is 41.2 Å². The summed E-state index contributed by atoms with van der Waals surface area (Å²) in [6.45, 7) is 24.8. The summed E-state index contributed by atoms with van der Waals surface area (Å²) >= 11 is 0. The molecule has 2 aromatic heterocycles. The summed E-state index contributed by atoms with van der Waals surface area (Å²) in [7, 11) is 0. The Balaban J connectivity index is 2.02. The maximum atomic E-state index is 6.61. The smallest absolute Gasteiger partial charge is 0.299 e. The van der Waals surface area contributed by atoms with Crippen molar-refractivity contribution in [2.24, 2.45) is 0 Å². The van der Waals surface area contributed by atoms with Gasteiger partial charge < -0.3 is 4.74 Å². The highest BCUT2D eigenvalue weighted by Gasteiger charge is 2.79. The van der Waals surface area contributed by atoms with Crippen molar-refractivity contribution in [1.82, 2.24) is 9.55 Å². The highest BCUT2D eigenvalue weighted by atomic mass is 16.5. The van der Waals surface area contributed by atoms with Gasteiger partial charge in [-0.3, -0.25) is 0 Å². The van der Waals surface area contributed by atoms with Crippen molar-refractivity contribution in [3.8, 4) is 17.3 Å². The number of aromatic nitrogens is 3. The first-order valence-electron chi connectivity index (χ1n) is 11.0. The van der Waals surface area contributed by atoms with Crippen LogP contribution >= 0.6 is 0 Å². The molecule has 0 amide bonds. The van der Waals surface area contributed by atoms with Gasteiger partial charge in [0.2, 0.25) is 11.6 Å². The molecule has 0 N–H and O–H groups in total. The van der Waals surface area contributed by atoms with E-state index in [-0.39, 0.29) is 16.4 Å². The highest BCUT2D eigenvalue weighted by Crippen LogP contribution is 2.75. The van der Waals surface area contributed by atoms with Crippen LogP contribution in [0.5, 0.6) is 5.88 Å². The Labute approximate surface area is 174 Å². The summed E-state index contributed by atoms with van der Waals surface area (Å²) in [5.41, 5.74) is 6.95.